The number of benzene rings is 1. The van der Waals surface area contributed by atoms with Crippen molar-refractivity contribution < 1.29 is 9.53 Å². The van der Waals surface area contributed by atoms with E-state index in [1.807, 2.05) is 36.0 Å². The number of carbonyl (C=O) groups is 1. The third kappa shape index (κ3) is 6.02. The number of carbonyl (C=O) groups excluding carboxylic acids is 1. The molecule has 1 fully saturated rings. The van der Waals surface area contributed by atoms with Crippen LogP contribution in [-0.2, 0) is 4.79 Å². The van der Waals surface area contributed by atoms with E-state index in [0.717, 1.165) is 17.9 Å². The number of piperidine rings is 1. The van der Waals surface area contributed by atoms with Crippen LogP contribution in [0.2, 0.25) is 0 Å². The molecular weight excluding hydrogens is 320 g/mol. The summed E-state index contributed by atoms with van der Waals surface area (Å²) in [6.07, 6.45) is 6.18. The van der Waals surface area contributed by atoms with Gasteiger partial charge in [0.15, 0.2) is 0 Å². The highest BCUT2D eigenvalue weighted by molar-refractivity contribution is 7.98. The van der Waals surface area contributed by atoms with Gasteiger partial charge >= 0.3 is 0 Å². The summed E-state index contributed by atoms with van der Waals surface area (Å²) in [5, 5.41) is 2.97. The number of likely N-dealkylation sites (tertiary alicyclic amines) is 1. The van der Waals surface area contributed by atoms with Crippen LogP contribution in [-0.4, -0.2) is 49.1 Å². The highest BCUT2D eigenvalue weighted by Gasteiger charge is 2.22. The van der Waals surface area contributed by atoms with Gasteiger partial charge in [0.2, 0.25) is 5.91 Å². The van der Waals surface area contributed by atoms with Crippen molar-refractivity contribution in [3.8, 4) is 5.75 Å². The van der Waals surface area contributed by atoms with Crippen LogP contribution in [0.25, 0.3) is 0 Å². The fourth-order valence-electron chi connectivity index (χ4n) is 3.29. The normalized spacial score (nSPS) is 17.5. The first-order valence-corrected chi connectivity index (χ1v) is 10.2. The fourth-order valence-corrected chi connectivity index (χ4v) is 3.98. The first-order valence-electron chi connectivity index (χ1n) is 8.79. The van der Waals surface area contributed by atoms with Gasteiger partial charge in [-0.05, 0) is 63.6 Å². The molecular formula is C19H30N2O2S. The van der Waals surface area contributed by atoms with Gasteiger partial charge in [-0.2, -0.15) is 11.8 Å². The molecule has 0 aromatic heterocycles. The maximum absolute atomic E-state index is 12.1. The average Bonchev–Trinajstić information content (AvgIpc) is 2.61. The van der Waals surface area contributed by atoms with Crippen molar-refractivity contribution in [1.82, 2.24) is 4.90 Å². The lowest BCUT2D eigenvalue weighted by Gasteiger charge is -2.35. The fraction of sp³-hybridized carbons (Fsp3) is 0.632. The van der Waals surface area contributed by atoms with Crippen molar-refractivity contribution in [1.29, 1.82) is 0 Å². The van der Waals surface area contributed by atoms with Crippen LogP contribution in [0.3, 0.4) is 0 Å². The molecule has 24 heavy (non-hydrogen) atoms. The molecule has 0 radical (unpaired) electrons. The molecule has 1 aromatic rings. The predicted octanol–water partition coefficient (Wildman–Crippen LogP) is 3.88. The lowest BCUT2D eigenvalue weighted by molar-refractivity contribution is -0.116. The molecule has 1 atom stereocenters. The van der Waals surface area contributed by atoms with E-state index in [2.05, 4.69) is 23.4 Å². The van der Waals surface area contributed by atoms with E-state index in [1.165, 1.54) is 31.7 Å². The van der Waals surface area contributed by atoms with E-state index in [-0.39, 0.29) is 5.91 Å². The van der Waals surface area contributed by atoms with E-state index in [0.29, 0.717) is 18.4 Å². The van der Waals surface area contributed by atoms with Gasteiger partial charge in [-0.25, -0.2) is 0 Å². The van der Waals surface area contributed by atoms with Gasteiger partial charge in [-0.15, -0.1) is 0 Å². The summed E-state index contributed by atoms with van der Waals surface area (Å²) < 4.78 is 5.18. The molecule has 1 aliphatic heterocycles. The van der Waals surface area contributed by atoms with E-state index in [9.17, 15) is 4.79 Å². The molecule has 0 unspecified atom stereocenters. The zero-order chi connectivity index (χ0) is 17.4. The SMILES string of the molecule is COc1cccc(NC(=O)CCC2CCN([C@H](C)CSC)CC2)c1. The number of nitrogens with one attached hydrogen (secondary N) is 1. The van der Waals surface area contributed by atoms with Crippen LogP contribution in [0.5, 0.6) is 5.75 Å². The van der Waals surface area contributed by atoms with Crippen molar-refractivity contribution in [2.45, 2.75) is 38.6 Å². The summed E-state index contributed by atoms with van der Waals surface area (Å²) in [6.45, 7) is 4.66. The molecule has 0 bridgehead atoms. The van der Waals surface area contributed by atoms with Crippen LogP contribution in [0, 0.1) is 5.92 Å². The van der Waals surface area contributed by atoms with Crippen molar-refractivity contribution in [3.05, 3.63) is 24.3 Å². The van der Waals surface area contributed by atoms with Crippen molar-refractivity contribution in [3.63, 3.8) is 0 Å². The number of ether oxygens (including phenoxy) is 1. The second-order valence-corrected chi connectivity index (χ2v) is 7.51. The first kappa shape index (κ1) is 19.1. The van der Waals surface area contributed by atoms with Gasteiger partial charge in [-0.3, -0.25) is 9.69 Å². The molecule has 4 nitrogen and oxygen atoms in total. The van der Waals surface area contributed by atoms with Crippen LogP contribution >= 0.6 is 11.8 Å². The maximum Gasteiger partial charge on any atom is 0.224 e. The Hall–Kier alpha value is -1.20. The number of anilines is 1. The summed E-state index contributed by atoms with van der Waals surface area (Å²) in [5.74, 6) is 2.74. The Morgan fingerprint density at radius 2 is 2.17 bits per heavy atom. The lowest BCUT2D eigenvalue weighted by atomic mass is 9.91. The molecule has 1 amide bonds. The minimum Gasteiger partial charge on any atom is -0.497 e. The number of thioether (sulfide) groups is 1. The quantitative estimate of drug-likeness (QED) is 0.772. The van der Waals surface area contributed by atoms with Crippen LogP contribution in [0.1, 0.15) is 32.6 Å². The topological polar surface area (TPSA) is 41.6 Å². The molecule has 0 spiro atoms. The number of amides is 1. The Balaban J connectivity index is 1.69. The largest absolute Gasteiger partial charge is 0.497 e. The third-order valence-electron chi connectivity index (χ3n) is 4.81. The Kier molecular flexibility index (Phi) is 7.92. The monoisotopic (exact) mass is 350 g/mol. The molecule has 2 rings (SSSR count). The predicted molar refractivity (Wildman–Crippen MR) is 103 cm³/mol. The van der Waals surface area contributed by atoms with Crippen LogP contribution in [0.15, 0.2) is 24.3 Å². The summed E-state index contributed by atoms with van der Waals surface area (Å²) in [6, 6.07) is 8.18. The van der Waals surface area contributed by atoms with E-state index < -0.39 is 0 Å². The van der Waals surface area contributed by atoms with E-state index >= 15 is 0 Å². The molecule has 1 saturated heterocycles. The lowest BCUT2D eigenvalue weighted by Crippen LogP contribution is -2.41. The van der Waals surface area contributed by atoms with Gasteiger partial charge in [0, 0.05) is 30.0 Å². The molecule has 0 aliphatic carbocycles. The minimum atomic E-state index is 0.0985. The van der Waals surface area contributed by atoms with Crippen molar-refractivity contribution in [2.24, 2.45) is 5.92 Å². The summed E-state index contributed by atoms with van der Waals surface area (Å²) in [5.41, 5.74) is 0.806. The zero-order valence-corrected chi connectivity index (χ0v) is 15.9. The van der Waals surface area contributed by atoms with Gasteiger partial charge in [-0.1, -0.05) is 6.07 Å². The highest BCUT2D eigenvalue weighted by atomic mass is 32.2. The highest BCUT2D eigenvalue weighted by Crippen LogP contribution is 2.24. The standard InChI is InChI=1S/C19H30N2O2S/c1-15(14-24-3)21-11-9-16(10-12-21)7-8-19(22)20-17-5-4-6-18(13-17)23-2/h4-6,13,15-16H,7-12,14H2,1-3H3,(H,20,22)/t15-/m1/s1. The van der Waals surface area contributed by atoms with Gasteiger partial charge < -0.3 is 10.1 Å². The number of methoxy groups -OCH3 is 1. The summed E-state index contributed by atoms with van der Waals surface area (Å²) in [7, 11) is 1.63. The molecule has 1 N–H and O–H groups in total. The molecule has 1 heterocycles. The van der Waals surface area contributed by atoms with E-state index in [4.69, 9.17) is 4.74 Å². The summed E-state index contributed by atoms with van der Waals surface area (Å²) >= 11 is 1.92. The van der Waals surface area contributed by atoms with Crippen molar-refractivity contribution in [2.75, 3.05) is 37.5 Å². The number of nitrogens with zero attached hydrogens (tertiary/aromatic N) is 1. The van der Waals surface area contributed by atoms with Crippen molar-refractivity contribution >= 4 is 23.4 Å². The Morgan fingerprint density at radius 3 is 2.83 bits per heavy atom. The van der Waals surface area contributed by atoms with Gasteiger partial charge in [0.1, 0.15) is 5.75 Å². The first-order chi connectivity index (χ1) is 11.6. The second-order valence-electron chi connectivity index (χ2n) is 6.60. The molecule has 1 aromatic carbocycles. The van der Waals surface area contributed by atoms with Crippen LogP contribution < -0.4 is 10.1 Å². The summed E-state index contributed by atoms with van der Waals surface area (Å²) in [4.78, 5) is 14.7. The van der Waals surface area contributed by atoms with Crippen LogP contribution in [0.4, 0.5) is 5.69 Å². The Labute approximate surface area is 150 Å². The Bertz CT molecular complexity index is 516. The number of rotatable bonds is 8. The number of hydrogen-bond acceptors (Lipinski definition) is 4. The van der Waals surface area contributed by atoms with E-state index in [1.54, 1.807) is 7.11 Å². The minimum absolute atomic E-state index is 0.0985. The number of hydrogen-bond donors (Lipinski definition) is 1. The van der Waals surface area contributed by atoms with Gasteiger partial charge in [0.25, 0.3) is 0 Å². The van der Waals surface area contributed by atoms with Gasteiger partial charge in [0.05, 0.1) is 7.11 Å². The zero-order valence-electron chi connectivity index (χ0n) is 15.1. The Morgan fingerprint density at radius 1 is 1.42 bits per heavy atom. The molecule has 0 saturated carbocycles. The molecule has 1 aliphatic rings. The second kappa shape index (κ2) is 9.94. The molecule has 134 valence electrons. The maximum atomic E-state index is 12.1. The third-order valence-corrected chi connectivity index (χ3v) is 5.63. The molecule has 5 heteroatoms. The average molecular weight is 351 g/mol. The smallest absolute Gasteiger partial charge is 0.224 e.